The highest BCUT2D eigenvalue weighted by molar-refractivity contribution is 7.89. The summed E-state index contributed by atoms with van der Waals surface area (Å²) in [6, 6.07) is 4.71. The lowest BCUT2D eigenvalue weighted by Crippen LogP contribution is -2.48. The number of nitrogens with one attached hydrogen (secondary N) is 1. The average molecular weight is 474 g/mol. The summed E-state index contributed by atoms with van der Waals surface area (Å²) in [7, 11) is -2.18. The number of hydrogen-bond donors (Lipinski definition) is 1. The number of aromatic nitrogens is 3. The van der Waals surface area contributed by atoms with Crippen LogP contribution in [0, 0.1) is 6.92 Å². The van der Waals surface area contributed by atoms with Crippen molar-refractivity contribution in [1.82, 2.24) is 23.7 Å². The molecule has 3 heterocycles. The third-order valence-electron chi connectivity index (χ3n) is 6.22. The second-order valence-corrected chi connectivity index (χ2v) is 10.3. The summed E-state index contributed by atoms with van der Waals surface area (Å²) >= 11 is 0. The van der Waals surface area contributed by atoms with Crippen molar-refractivity contribution in [1.29, 1.82) is 0 Å². The van der Waals surface area contributed by atoms with Crippen molar-refractivity contribution in [3.05, 3.63) is 40.3 Å². The lowest BCUT2D eigenvalue weighted by Gasteiger charge is -2.33. The van der Waals surface area contributed by atoms with Crippen LogP contribution >= 0.6 is 0 Å². The smallest absolute Gasteiger partial charge is 0.260 e. The van der Waals surface area contributed by atoms with Gasteiger partial charge in [-0.15, -0.1) is 0 Å². The third-order valence-corrected chi connectivity index (χ3v) is 8.12. The Bertz CT molecular complexity index is 1320. The number of hydrogen-bond acceptors (Lipinski definition) is 6. The van der Waals surface area contributed by atoms with Crippen molar-refractivity contribution >= 4 is 21.1 Å². The Morgan fingerprint density at radius 3 is 2.52 bits per heavy atom. The quantitative estimate of drug-likeness (QED) is 0.566. The molecule has 10 heteroatoms. The predicted molar refractivity (Wildman–Crippen MR) is 128 cm³/mol. The SMILES string of the molecule is CCCn1cc(C)c2c(=O)[nH]c(-c3cc(S(=O)(=O)N4CCN(CC)CC4)ccc3OC)nc21. The molecule has 3 aromatic rings. The van der Waals surface area contributed by atoms with Crippen LogP contribution in [-0.2, 0) is 16.6 Å². The van der Waals surface area contributed by atoms with Crippen LogP contribution in [0.25, 0.3) is 22.4 Å². The van der Waals surface area contributed by atoms with Gasteiger partial charge in [0.1, 0.15) is 17.2 Å². The Morgan fingerprint density at radius 1 is 1.15 bits per heavy atom. The van der Waals surface area contributed by atoms with Crippen LogP contribution in [0.1, 0.15) is 25.8 Å². The van der Waals surface area contributed by atoms with E-state index in [4.69, 9.17) is 9.72 Å². The van der Waals surface area contributed by atoms with E-state index in [0.717, 1.165) is 25.1 Å². The first-order valence-electron chi connectivity index (χ1n) is 11.3. The predicted octanol–water partition coefficient (Wildman–Crippen LogP) is 2.44. The molecule has 2 aromatic heterocycles. The van der Waals surface area contributed by atoms with Gasteiger partial charge >= 0.3 is 0 Å². The van der Waals surface area contributed by atoms with Gasteiger partial charge in [-0.2, -0.15) is 4.31 Å². The maximum atomic E-state index is 13.4. The summed E-state index contributed by atoms with van der Waals surface area (Å²) in [6.45, 7) is 9.96. The lowest BCUT2D eigenvalue weighted by molar-refractivity contribution is 0.196. The van der Waals surface area contributed by atoms with Gasteiger partial charge in [0.05, 0.1) is 23.0 Å². The number of H-pyrrole nitrogens is 1. The summed E-state index contributed by atoms with van der Waals surface area (Å²) in [4.78, 5) is 22.9. The van der Waals surface area contributed by atoms with Crippen molar-refractivity contribution in [2.75, 3.05) is 39.8 Å². The summed E-state index contributed by atoms with van der Waals surface area (Å²) in [5.41, 5.74) is 1.62. The van der Waals surface area contributed by atoms with Crippen molar-refractivity contribution in [2.24, 2.45) is 0 Å². The van der Waals surface area contributed by atoms with Gasteiger partial charge in [-0.3, -0.25) is 4.79 Å². The van der Waals surface area contributed by atoms with Crippen molar-refractivity contribution in [3.8, 4) is 17.1 Å². The first-order chi connectivity index (χ1) is 15.8. The highest BCUT2D eigenvalue weighted by Crippen LogP contribution is 2.32. The van der Waals surface area contributed by atoms with E-state index in [-0.39, 0.29) is 16.3 Å². The van der Waals surface area contributed by atoms with Crippen LogP contribution in [0.5, 0.6) is 5.75 Å². The van der Waals surface area contributed by atoms with Gasteiger partial charge < -0.3 is 19.2 Å². The fraction of sp³-hybridized carbons (Fsp3) is 0.478. The minimum atomic E-state index is -3.69. The highest BCUT2D eigenvalue weighted by atomic mass is 32.2. The summed E-state index contributed by atoms with van der Waals surface area (Å²) in [5.74, 6) is 0.727. The molecule has 1 fully saturated rings. The Labute approximate surface area is 194 Å². The van der Waals surface area contributed by atoms with Gasteiger partial charge in [0, 0.05) is 38.9 Å². The Kier molecular flexibility index (Phi) is 6.60. The lowest BCUT2D eigenvalue weighted by atomic mass is 10.2. The Balaban J connectivity index is 1.80. The molecule has 4 rings (SSSR count). The van der Waals surface area contributed by atoms with Gasteiger partial charge in [0.15, 0.2) is 0 Å². The molecule has 0 radical (unpaired) electrons. The normalized spacial score (nSPS) is 15.9. The first-order valence-corrected chi connectivity index (χ1v) is 12.7. The monoisotopic (exact) mass is 473 g/mol. The average Bonchev–Trinajstić information content (AvgIpc) is 3.14. The van der Waals surface area contributed by atoms with Gasteiger partial charge in [-0.1, -0.05) is 13.8 Å². The van der Waals surface area contributed by atoms with E-state index in [0.29, 0.717) is 48.5 Å². The molecular weight excluding hydrogens is 442 g/mol. The summed E-state index contributed by atoms with van der Waals surface area (Å²) in [6.07, 6.45) is 2.82. The number of rotatable bonds is 7. The molecule has 1 aliphatic heterocycles. The summed E-state index contributed by atoms with van der Waals surface area (Å²) in [5, 5.41) is 0.545. The van der Waals surface area contributed by atoms with Crippen LogP contribution in [0.4, 0.5) is 0 Å². The fourth-order valence-corrected chi connectivity index (χ4v) is 5.84. The zero-order valence-electron chi connectivity index (χ0n) is 19.6. The highest BCUT2D eigenvalue weighted by Gasteiger charge is 2.29. The van der Waals surface area contributed by atoms with Crippen LogP contribution in [0.3, 0.4) is 0 Å². The number of sulfonamides is 1. The van der Waals surface area contributed by atoms with Crippen molar-refractivity contribution in [3.63, 3.8) is 0 Å². The summed E-state index contributed by atoms with van der Waals surface area (Å²) < 4.78 is 35.7. The molecule has 0 bridgehead atoms. The number of methoxy groups -OCH3 is 1. The molecule has 33 heavy (non-hydrogen) atoms. The topological polar surface area (TPSA) is 101 Å². The molecule has 178 valence electrons. The molecule has 0 unspecified atom stereocenters. The zero-order chi connectivity index (χ0) is 23.8. The van der Waals surface area contributed by atoms with Gasteiger partial charge in [-0.05, 0) is 43.7 Å². The molecule has 1 N–H and O–H groups in total. The van der Waals surface area contributed by atoms with E-state index in [1.54, 1.807) is 18.2 Å². The number of fused-ring (bicyclic) bond motifs is 1. The van der Waals surface area contributed by atoms with Gasteiger partial charge in [0.2, 0.25) is 10.0 Å². The molecule has 0 atom stereocenters. The maximum Gasteiger partial charge on any atom is 0.260 e. The molecule has 0 aliphatic carbocycles. The van der Waals surface area contributed by atoms with E-state index < -0.39 is 10.0 Å². The minimum absolute atomic E-state index is 0.158. The Hall–Kier alpha value is -2.69. The molecule has 1 aliphatic rings. The fourth-order valence-electron chi connectivity index (χ4n) is 4.39. The molecular formula is C23H31N5O4S. The second kappa shape index (κ2) is 9.28. The second-order valence-electron chi connectivity index (χ2n) is 8.32. The van der Waals surface area contributed by atoms with Crippen molar-refractivity contribution < 1.29 is 13.2 Å². The number of aromatic amines is 1. The number of piperazine rings is 1. The number of aryl methyl sites for hydroxylation is 2. The van der Waals surface area contributed by atoms with Crippen LogP contribution in [-0.4, -0.2) is 72.0 Å². The number of nitrogens with zero attached hydrogens (tertiary/aromatic N) is 4. The van der Waals surface area contributed by atoms with Crippen LogP contribution in [0.2, 0.25) is 0 Å². The molecule has 0 amide bonds. The van der Waals surface area contributed by atoms with Gasteiger partial charge in [-0.25, -0.2) is 13.4 Å². The minimum Gasteiger partial charge on any atom is -0.496 e. The van der Waals surface area contributed by atoms with E-state index >= 15 is 0 Å². The molecule has 0 spiro atoms. The van der Waals surface area contributed by atoms with E-state index in [1.165, 1.54) is 11.4 Å². The molecule has 0 saturated carbocycles. The number of benzene rings is 1. The first kappa shape index (κ1) is 23.5. The number of likely N-dealkylation sites (N-methyl/N-ethyl adjacent to an activating group) is 1. The Morgan fingerprint density at radius 2 is 1.88 bits per heavy atom. The van der Waals surface area contributed by atoms with E-state index in [9.17, 15) is 13.2 Å². The van der Waals surface area contributed by atoms with E-state index in [2.05, 4.69) is 23.7 Å². The molecule has 1 aromatic carbocycles. The standard InChI is InChI=1S/C23H31N5O4S/c1-5-9-27-15-16(3)20-22(27)24-21(25-23(20)29)18-14-17(7-8-19(18)32-4)33(30,31)28-12-10-26(6-2)11-13-28/h7-8,14-15H,5-6,9-13H2,1-4H3,(H,24,25,29). The van der Waals surface area contributed by atoms with E-state index in [1.807, 2.05) is 17.7 Å². The third kappa shape index (κ3) is 4.30. The van der Waals surface area contributed by atoms with Crippen molar-refractivity contribution in [2.45, 2.75) is 38.6 Å². The zero-order valence-corrected chi connectivity index (χ0v) is 20.4. The maximum absolute atomic E-state index is 13.4. The molecule has 1 saturated heterocycles. The van der Waals surface area contributed by atoms with Crippen LogP contribution in [0.15, 0.2) is 34.1 Å². The largest absolute Gasteiger partial charge is 0.496 e. The van der Waals surface area contributed by atoms with Gasteiger partial charge in [0.25, 0.3) is 5.56 Å². The number of ether oxygens (including phenoxy) is 1. The van der Waals surface area contributed by atoms with Crippen LogP contribution < -0.4 is 10.3 Å². The molecule has 9 nitrogen and oxygen atoms in total.